The van der Waals surface area contributed by atoms with Gasteiger partial charge in [0.1, 0.15) is 0 Å². The van der Waals surface area contributed by atoms with Gasteiger partial charge in [-0.05, 0) is 18.9 Å². The summed E-state index contributed by atoms with van der Waals surface area (Å²) in [6.07, 6.45) is -2.81. The third-order valence-corrected chi connectivity index (χ3v) is 4.08. The largest absolute Gasteiger partial charge is 0.433 e. The number of nitrogens with zero attached hydrogens (tertiary/aromatic N) is 4. The fraction of sp³-hybridized carbons (Fsp3) is 0.250. The highest BCUT2D eigenvalue weighted by Gasteiger charge is 2.36. The van der Waals surface area contributed by atoms with E-state index in [1.165, 1.54) is 24.3 Å². The molecule has 1 aromatic carbocycles. The molecule has 0 atom stereocenters. The van der Waals surface area contributed by atoms with Crippen LogP contribution in [0.15, 0.2) is 36.4 Å². The Hall–Kier alpha value is -2.97. The fourth-order valence-corrected chi connectivity index (χ4v) is 2.70. The zero-order valence-electron chi connectivity index (χ0n) is 12.7. The van der Waals surface area contributed by atoms with E-state index in [4.69, 9.17) is 0 Å². The first-order valence-corrected chi connectivity index (χ1v) is 7.55. The standard InChI is InChI=1S/C16H11F3N4O2/c17-16(18,19)14-7-12(10-2-1-3-11(6-10)23(24)25)20-15-8-13(9-4-5-9)21-22(14)15/h1-3,6-9H,4-5H2. The van der Waals surface area contributed by atoms with Gasteiger partial charge in [0.15, 0.2) is 11.3 Å². The van der Waals surface area contributed by atoms with Crippen LogP contribution < -0.4 is 0 Å². The summed E-state index contributed by atoms with van der Waals surface area (Å²) < 4.78 is 41.2. The maximum atomic E-state index is 13.5. The number of rotatable bonds is 3. The highest BCUT2D eigenvalue weighted by molar-refractivity contribution is 5.65. The Morgan fingerprint density at radius 1 is 1.20 bits per heavy atom. The van der Waals surface area contributed by atoms with Crippen molar-refractivity contribution >= 4 is 11.3 Å². The molecule has 0 spiro atoms. The molecule has 0 N–H and O–H groups in total. The van der Waals surface area contributed by atoms with Crippen molar-refractivity contribution in [1.29, 1.82) is 0 Å². The average Bonchev–Trinajstić information content (AvgIpc) is 3.32. The maximum Gasteiger partial charge on any atom is 0.433 e. The normalized spacial score (nSPS) is 14.8. The van der Waals surface area contributed by atoms with Gasteiger partial charge in [-0.15, -0.1) is 0 Å². The number of halogens is 3. The topological polar surface area (TPSA) is 73.3 Å². The first-order valence-electron chi connectivity index (χ1n) is 7.55. The van der Waals surface area contributed by atoms with Gasteiger partial charge in [0, 0.05) is 29.7 Å². The van der Waals surface area contributed by atoms with E-state index >= 15 is 0 Å². The Morgan fingerprint density at radius 2 is 1.96 bits per heavy atom. The molecule has 25 heavy (non-hydrogen) atoms. The molecule has 4 rings (SSSR count). The van der Waals surface area contributed by atoms with E-state index in [0.29, 0.717) is 5.69 Å². The van der Waals surface area contributed by atoms with Crippen molar-refractivity contribution in [3.63, 3.8) is 0 Å². The van der Waals surface area contributed by atoms with Crippen molar-refractivity contribution in [1.82, 2.24) is 14.6 Å². The molecule has 0 radical (unpaired) electrons. The average molecular weight is 348 g/mol. The van der Waals surface area contributed by atoms with E-state index in [-0.39, 0.29) is 28.5 Å². The van der Waals surface area contributed by atoms with Crippen molar-refractivity contribution in [2.75, 3.05) is 0 Å². The minimum atomic E-state index is -4.62. The molecule has 6 nitrogen and oxygen atoms in total. The molecule has 9 heteroatoms. The number of benzene rings is 1. The van der Waals surface area contributed by atoms with Crippen molar-refractivity contribution in [3.05, 3.63) is 57.9 Å². The van der Waals surface area contributed by atoms with E-state index in [1.54, 1.807) is 6.07 Å². The Kier molecular flexibility index (Phi) is 3.28. The smallest absolute Gasteiger partial charge is 0.258 e. The molecule has 1 aliphatic carbocycles. The van der Waals surface area contributed by atoms with Crippen molar-refractivity contribution < 1.29 is 18.1 Å². The molecule has 0 amide bonds. The summed E-state index contributed by atoms with van der Waals surface area (Å²) in [5.41, 5.74) is -0.222. The third kappa shape index (κ3) is 2.81. The Bertz CT molecular complexity index is 993. The highest BCUT2D eigenvalue weighted by Crippen LogP contribution is 2.40. The zero-order chi connectivity index (χ0) is 17.8. The fourth-order valence-electron chi connectivity index (χ4n) is 2.70. The highest BCUT2D eigenvalue weighted by atomic mass is 19.4. The summed E-state index contributed by atoms with van der Waals surface area (Å²) in [6.45, 7) is 0. The lowest BCUT2D eigenvalue weighted by molar-refractivity contribution is -0.384. The van der Waals surface area contributed by atoms with Crippen LogP contribution in [0.1, 0.15) is 30.1 Å². The second-order valence-corrected chi connectivity index (χ2v) is 5.95. The van der Waals surface area contributed by atoms with Gasteiger partial charge >= 0.3 is 6.18 Å². The monoisotopic (exact) mass is 348 g/mol. The van der Waals surface area contributed by atoms with Crippen LogP contribution in [-0.2, 0) is 6.18 Å². The summed E-state index contributed by atoms with van der Waals surface area (Å²) in [5, 5.41) is 14.9. The van der Waals surface area contributed by atoms with Crippen LogP contribution in [0.3, 0.4) is 0 Å². The molecule has 1 saturated carbocycles. The first-order chi connectivity index (χ1) is 11.8. The van der Waals surface area contributed by atoms with Crippen LogP contribution in [0, 0.1) is 10.1 Å². The zero-order valence-corrected chi connectivity index (χ0v) is 12.7. The van der Waals surface area contributed by atoms with Gasteiger partial charge in [0.05, 0.1) is 16.3 Å². The van der Waals surface area contributed by atoms with E-state index in [1.807, 2.05) is 0 Å². The van der Waals surface area contributed by atoms with Crippen molar-refractivity contribution in [3.8, 4) is 11.3 Å². The predicted octanol–water partition coefficient (Wildman–Crippen LogP) is 4.20. The molecule has 0 bridgehead atoms. The van der Waals surface area contributed by atoms with Crippen LogP contribution >= 0.6 is 0 Å². The number of non-ortho nitro benzene ring substituents is 1. The number of nitro groups is 1. The minimum absolute atomic E-state index is 0.0192. The molecule has 0 saturated heterocycles. The number of nitro benzene ring substituents is 1. The number of fused-ring (bicyclic) bond motifs is 1. The minimum Gasteiger partial charge on any atom is -0.258 e. The number of hydrogen-bond donors (Lipinski definition) is 0. The lowest BCUT2D eigenvalue weighted by Crippen LogP contribution is -2.13. The van der Waals surface area contributed by atoms with Gasteiger partial charge in [0.25, 0.3) is 5.69 Å². The second-order valence-electron chi connectivity index (χ2n) is 5.95. The first kappa shape index (κ1) is 15.6. The van der Waals surface area contributed by atoms with Gasteiger partial charge in [-0.1, -0.05) is 12.1 Å². The van der Waals surface area contributed by atoms with Gasteiger partial charge in [-0.3, -0.25) is 10.1 Å². The van der Waals surface area contributed by atoms with E-state index in [9.17, 15) is 23.3 Å². The van der Waals surface area contributed by atoms with Gasteiger partial charge < -0.3 is 0 Å². The molecule has 1 aliphatic rings. The van der Waals surface area contributed by atoms with E-state index in [0.717, 1.165) is 23.4 Å². The quantitative estimate of drug-likeness (QED) is 0.525. The molecule has 128 valence electrons. The molecule has 0 aliphatic heterocycles. The molecular formula is C16H11F3N4O2. The second kappa shape index (κ2) is 5.27. The summed E-state index contributed by atoms with van der Waals surface area (Å²) in [4.78, 5) is 14.5. The van der Waals surface area contributed by atoms with Crippen LogP contribution in [0.2, 0.25) is 0 Å². The van der Waals surface area contributed by atoms with Gasteiger partial charge in [-0.25, -0.2) is 9.50 Å². The molecule has 2 aromatic heterocycles. The van der Waals surface area contributed by atoms with E-state index < -0.39 is 16.8 Å². The van der Waals surface area contributed by atoms with Gasteiger partial charge in [-0.2, -0.15) is 18.3 Å². The Morgan fingerprint density at radius 3 is 2.60 bits per heavy atom. The van der Waals surface area contributed by atoms with E-state index in [2.05, 4.69) is 10.1 Å². The Balaban J connectivity index is 1.92. The maximum absolute atomic E-state index is 13.5. The number of aromatic nitrogens is 3. The molecule has 1 fully saturated rings. The predicted molar refractivity (Wildman–Crippen MR) is 82.1 cm³/mol. The third-order valence-electron chi connectivity index (χ3n) is 4.08. The van der Waals surface area contributed by atoms with Crippen LogP contribution in [0.25, 0.3) is 16.9 Å². The van der Waals surface area contributed by atoms with Crippen molar-refractivity contribution in [2.45, 2.75) is 24.9 Å². The lowest BCUT2D eigenvalue weighted by Gasteiger charge is -2.11. The summed E-state index contributed by atoms with van der Waals surface area (Å²) >= 11 is 0. The summed E-state index contributed by atoms with van der Waals surface area (Å²) in [6, 6.07) is 7.81. The molecule has 2 heterocycles. The lowest BCUT2D eigenvalue weighted by atomic mass is 10.1. The van der Waals surface area contributed by atoms with Crippen molar-refractivity contribution in [2.24, 2.45) is 0 Å². The Labute approximate surface area is 139 Å². The SMILES string of the molecule is O=[N+]([O-])c1cccc(-c2cc(C(F)(F)F)n3nc(C4CC4)cc3n2)c1. The number of alkyl halides is 3. The van der Waals surface area contributed by atoms with Gasteiger partial charge in [0.2, 0.25) is 0 Å². The summed E-state index contributed by atoms with van der Waals surface area (Å²) in [5.74, 6) is 0.184. The molecular weight excluding hydrogens is 337 g/mol. The van der Waals surface area contributed by atoms with Crippen LogP contribution in [-0.4, -0.2) is 19.5 Å². The number of hydrogen-bond acceptors (Lipinski definition) is 4. The molecule has 3 aromatic rings. The van der Waals surface area contributed by atoms with Crippen LogP contribution in [0.5, 0.6) is 0 Å². The molecule has 0 unspecified atom stereocenters. The summed E-state index contributed by atoms with van der Waals surface area (Å²) in [7, 11) is 0. The van der Waals surface area contributed by atoms with Crippen LogP contribution in [0.4, 0.5) is 18.9 Å².